The van der Waals surface area contributed by atoms with E-state index in [2.05, 4.69) is 10.6 Å². The summed E-state index contributed by atoms with van der Waals surface area (Å²) in [5.41, 5.74) is -0.301. The molecule has 0 aromatic rings. The van der Waals surface area contributed by atoms with E-state index < -0.39 is 0 Å². The third kappa shape index (κ3) is 14.2. The summed E-state index contributed by atoms with van der Waals surface area (Å²) in [6.45, 7) is 11.3. The van der Waals surface area contributed by atoms with E-state index in [1.54, 1.807) is 0 Å². The van der Waals surface area contributed by atoms with Crippen LogP contribution >= 0.6 is 0 Å². The predicted molar refractivity (Wildman–Crippen MR) is 94.3 cm³/mol. The van der Waals surface area contributed by atoms with Crippen LogP contribution in [0.4, 0.5) is 0 Å². The van der Waals surface area contributed by atoms with E-state index in [9.17, 15) is 9.59 Å². The summed E-state index contributed by atoms with van der Waals surface area (Å²) in [5.74, 6) is 0.0861. The van der Waals surface area contributed by atoms with Gasteiger partial charge in [-0.3, -0.25) is 9.59 Å². The normalized spacial score (nSPS) is 11.6. The highest BCUT2D eigenvalue weighted by atomic mass is 16.5. The second-order valence-corrected chi connectivity index (χ2v) is 7.34. The summed E-state index contributed by atoms with van der Waals surface area (Å²) in [7, 11) is 0. The van der Waals surface area contributed by atoms with Gasteiger partial charge in [0.15, 0.2) is 0 Å². The Morgan fingerprint density at radius 1 is 0.870 bits per heavy atom. The minimum absolute atomic E-state index is 0.0340. The summed E-state index contributed by atoms with van der Waals surface area (Å²) < 4.78 is 5.23. The van der Waals surface area contributed by atoms with Crippen molar-refractivity contribution in [3.63, 3.8) is 0 Å². The van der Waals surface area contributed by atoms with Crippen LogP contribution in [0.5, 0.6) is 0 Å². The Morgan fingerprint density at radius 2 is 1.35 bits per heavy atom. The van der Waals surface area contributed by atoms with Crippen LogP contribution in [0.2, 0.25) is 0 Å². The van der Waals surface area contributed by atoms with Gasteiger partial charge in [-0.15, -0.1) is 0 Å². The van der Waals surface area contributed by atoms with Gasteiger partial charge in [-0.1, -0.05) is 46.5 Å². The van der Waals surface area contributed by atoms with Gasteiger partial charge in [-0.25, -0.2) is 0 Å². The highest BCUT2D eigenvalue weighted by Crippen LogP contribution is 2.12. The lowest BCUT2D eigenvalue weighted by molar-refractivity contribution is -0.128. The average Bonchev–Trinajstić information content (AvgIpc) is 2.45. The van der Waals surface area contributed by atoms with Crippen LogP contribution < -0.4 is 10.6 Å². The topological polar surface area (TPSA) is 67.4 Å². The van der Waals surface area contributed by atoms with Gasteiger partial charge in [0, 0.05) is 18.5 Å². The zero-order valence-electron chi connectivity index (χ0n) is 15.7. The number of hydrogen-bond donors (Lipinski definition) is 2. The summed E-state index contributed by atoms with van der Waals surface area (Å²) in [4.78, 5) is 23.1. The van der Waals surface area contributed by atoms with Crippen molar-refractivity contribution in [1.82, 2.24) is 10.6 Å². The van der Waals surface area contributed by atoms with Gasteiger partial charge < -0.3 is 15.4 Å². The predicted octanol–water partition coefficient (Wildman–Crippen LogP) is 3.03. The van der Waals surface area contributed by atoms with Crippen molar-refractivity contribution in [3.8, 4) is 0 Å². The van der Waals surface area contributed by atoms with E-state index >= 15 is 0 Å². The van der Waals surface area contributed by atoms with E-state index in [1.807, 2.05) is 34.6 Å². The fourth-order valence-corrected chi connectivity index (χ4v) is 1.95. The quantitative estimate of drug-likeness (QED) is 0.541. The second-order valence-electron chi connectivity index (χ2n) is 7.34. The molecule has 2 amide bonds. The largest absolute Gasteiger partial charge is 0.369 e. The van der Waals surface area contributed by atoms with Gasteiger partial charge in [-0.05, 0) is 26.7 Å². The van der Waals surface area contributed by atoms with Crippen LogP contribution in [-0.4, -0.2) is 37.6 Å². The van der Waals surface area contributed by atoms with Crippen molar-refractivity contribution in [2.75, 3.05) is 19.7 Å². The molecule has 0 saturated heterocycles. The van der Waals surface area contributed by atoms with E-state index in [-0.39, 0.29) is 29.9 Å². The monoisotopic (exact) mass is 328 g/mol. The number of rotatable bonds is 12. The lowest BCUT2D eigenvalue weighted by Crippen LogP contribution is -2.35. The second kappa shape index (κ2) is 12.3. The maximum atomic E-state index is 11.7. The lowest BCUT2D eigenvalue weighted by atomic mass is 9.96. The molecule has 23 heavy (non-hydrogen) atoms. The Bertz CT molecular complexity index is 336. The molecule has 2 N–H and O–H groups in total. The molecule has 0 unspecified atom stereocenters. The zero-order valence-corrected chi connectivity index (χ0v) is 15.7. The van der Waals surface area contributed by atoms with Crippen molar-refractivity contribution in [1.29, 1.82) is 0 Å². The summed E-state index contributed by atoms with van der Waals surface area (Å²) in [6, 6.07) is 0. The molecule has 0 rings (SSSR count). The molecule has 0 aliphatic heterocycles. The SMILES string of the molecule is CC(C)OCC(=O)NCCCCCCCCNC(=O)C(C)(C)C. The molecular weight excluding hydrogens is 292 g/mol. The number of hydrogen-bond acceptors (Lipinski definition) is 3. The fourth-order valence-electron chi connectivity index (χ4n) is 1.95. The zero-order chi connectivity index (χ0) is 17.7. The standard InChI is InChI=1S/C18H36N2O3/c1-15(2)23-14-16(21)19-12-10-8-6-7-9-11-13-20-17(22)18(3,4)5/h15H,6-14H2,1-5H3,(H,19,21)(H,20,22). The maximum absolute atomic E-state index is 11.7. The Kier molecular flexibility index (Phi) is 11.7. The number of nitrogens with one attached hydrogen (secondary N) is 2. The molecule has 0 bridgehead atoms. The van der Waals surface area contributed by atoms with Crippen LogP contribution in [0, 0.1) is 5.41 Å². The van der Waals surface area contributed by atoms with Gasteiger partial charge in [0.05, 0.1) is 6.10 Å². The van der Waals surface area contributed by atoms with Crippen LogP contribution in [0.3, 0.4) is 0 Å². The van der Waals surface area contributed by atoms with Crippen molar-refractivity contribution >= 4 is 11.8 Å². The Hall–Kier alpha value is -1.10. The molecule has 0 aliphatic carbocycles. The van der Waals surface area contributed by atoms with E-state index in [0.717, 1.165) is 38.8 Å². The van der Waals surface area contributed by atoms with Gasteiger partial charge in [0.1, 0.15) is 6.61 Å². The van der Waals surface area contributed by atoms with E-state index in [4.69, 9.17) is 4.74 Å². The first-order chi connectivity index (χ1) is 10.7. The van der Waals surface area contributed by atoms with Crippen LogP contribution in [-0.2, 0) is 14.3 Å². The highest BCUT2D eigenvalue weighted by Gasteiger charge is 2.19. The highest BCUT2D eigenvalue weighted by molar-refractivity contribution is 5.81. The lowest BCUT2D eigenvalue weighted by Gasteiger charge is -2.17. The molecule has 0 aromatic carbocycles. The molecular formula is C18H36N2O3. The Balaban J connectivity index is 3.31. The minimum Gasteiger partial charge on any atom is -0.369 e. The fraction of sp³-hybridized carbons (Fsp3) is 0.889. The molecule has 0 aromatic heterocycles. The first-order valence-electron chi connectivity index (χ1n) is 8.90. The number of ether oxygens (including phenoxy) is 1. The molecule has 136 valence electrons. The summed E-state index contributed by atoms with van der Waals surface area (Å²) >= 11 is 0. The van der Waals surface area contributed by atoms with E-state index in [1.165, 1.54) is 12.8 Å². The molecule has 0 fully saturated rings. The molecule has 0 aliphatic rings. The smallest absolute Gasteiger partial charge is 0.246 e. The first-order valence-corrected chi connectivity index (χ1v) is 8.90. The molecule has 5 nitrogen and oxygen atoms in total. The molecule has 0 heterocycles. The third-order valence-corrected chi connectivity index (χ3v) is 3.44. The van der Waals surface area contributed by atoms with Gasteiger partial charge >= 0.3 is 0 Å². The van der Waals surface area contributed by atoms with E-state index in [0.29, 0.717) is 0 Å². The number of carbonyl (C=O) groups excluding carboxylic acids is 2. The number of carbonyl (C=O) groups is 2. The van der Waals surface area contributed by atoms with Crippen molar-refractivity contribution in [2.45, 2.75) is 79.2 Å². The number of amides is 2. The molecule has 5 heteroatoms. The van der Waals surface area contributed by atoms with Gasteiger partial charge in [0.25, 0.3) is 0 Å². The van der Waals surface area contributed by atoms with Crippen molar-refractivity contribution in [3.05, 3.63) is 0 Å². The molecule has 0 radical (unpaired) electrons. The summed E-state index contributed by atoms with van der Waals surface area (Å²) in [5, 5.41) is 5.83. The maximum Gasteiger partial charge on any atom is 0.246 e. The Morgan fingerprint density at radius 3 is 1.83 bits per heavy atom. The van der Waals surface area contributed by atoms with Crippen molar-refractivity contribution < 1.29 is 14.3 Å². The first kappa shape index (κ1) is 21.9. The minimum atomic E-state index is -0.301. The van der Waals surface area contributed by atoms with Gasteiger partial charge in [-0.2, -0.15) is 0 Å². The van der Waals surface area contributed by atoms with Gasteiger partial charge in [0.2, 0.25) is 11.8 Å². The van der Waals surface area contributed by atoms with Crippen molar-refractivity contribution in [2.24, 2.45) is 5.41 Å². The molecule has 0 spiro atoms. The Labute approximate surface area is 141 Å². The summed E-state index contributed by atoms with van der Waals surface area (Å²) in [6.07, 6.45) is 6.74. The molecule has 0 atom stereocenters. The third-order valence-electron chi connectivity index (χ3n) is 3.44. The number of unbranched alkanes of at least 4 members (excludes halogenated alkanes) is 5. The molecule has 0 saturated carbocycles. The van der Waals surface area contributed by atoms with Crippen LogP contribution in [0.1, 0.15) is 73.1 Å². The average molecular weight is 328 g/mol. The van der Waals surface area contributed by atoms with Crippen LogP contribution in [0.25, 0.3) is 0 Å². The van der Waals surface area contributed by atoms with Crippen LogP contribution in [0.15, 0.2) is 0 Å².